The van der Waals surface area contributed by atoms with Crippen molar-refractivity contribution in [3.8, 4) is 5.75 Å². The van der Waals surface area contributed by atoms with Crippen molar-refractivity contribution in [2.75, 3.05) is 26.4 Å². The molecule has 0 aromatic heterocycles. The van der Waals surface area contributed by atoms with Crippen LogP contribution in [0.3, 0.4) is 0 Å². The molecule has 4 nitrogen and oxygen atoms in total. The monoisotopic (exact) mass is 350 g/mol. The van der Waals surface area contributed by atoms with Crippen LogP contribution in [0.1, 0.15) is 75.6 Å². The Morgan fingerprint density at radius 2 is 1.44 bits per heavy atom. The fourth-order valence-electron chi connectivity index (χ4n) is 2.56. The van der Waals surface area contributed by atoms with Crippen molar-refractivity contribution in [3.63, 3.8) is 0 Å². The molecule has 0 N–H and O–H groups in total. The zero-order chi connectivity index (χ0) is 18.2. The number of benzene rings is 1. The topological polar surface area (TPSA) is 44.8 Å². The number of unbranched alkanes of at least 4 members (excludes halogenated alkanes) is 7. The van der Waals surface area contributed by atoms with Gasteiger partial charge in [-0.05, 0) is 37.6 Å². The van der Waals surface area contributed by atoms with Gasteiger partial charge in [0.15, 0.2) is 0 Å². The summed E-state index contributed by atoms with van der Waals surface area (Å²) in [5, 5.41) is 0. The normalized spacial score (nSPS) is 10.6. The fraction of sp³-hybridized carbons (Fsp3) is 0.667. The average molecular weight is 350 g/mol. The SMILES string of the molecule is CCCCCCCCCCOCCOc1ccc(C(=O)OCC)cc1. The first-order valence-corrected chi connectivity index (χ1v) is 9.75. The Kier molecular flexibility index (Phi) is 12.7. The molecule has 0 fully saturated rings. The molecule has 0 radical (unpaired) electrons. The van der Waals surface area contributed by atoms with Gasteiger partial charge in [-0.25, -0.2) is 4.79 Å². The number of carbonyl (C=O) groups excluding carboxylic acids is 1. The third kappa shape index (κ3) is 10.8. The highest BCUT2D eigenvalue weighted by Crippen LogP contribution is 2.13. The number of esters is 1. The highest BCUT2D eigenvalue weighted by atomic mass is 16.5. The molecular weight excluding hydrogens is 316 g/mol. The summed E-state index contributed by atoms with van der Waals surface area (Å²) in [6, 6.07) is 7.00. The highest BCUT2D eigenvalue weighted by molar-refractivity contribution is 5.89. The molecule has 0 aliphatic carbocycles. The minimum Gasteiger partial charge on any atom is -0.491 e. The summed E-state index contributed by atoms with van der Waals surface area (Å²) in [5.41, 5.74) is 0.542. The molecular formula is C21H34O4. The van der Waals surface area contributed by atoms with Crippen molar-refractivity contribution in [1.29, 1.82) is 0 Å². The molecule has 0 heterocycles. The number of hydrogen-bond acceptors (Lipinski definition) is 4. The van der Waals surface area contributed by atoms with E-state index in [0.29, 0.717) is 25.4 Å². The average Bonchev–Trinajstić information content (AvgIpc) is 2.63. The van der Waals surface area contributed by atoms with Crippen LogP contribution in [0.15, 0.2) is 24.3 Å². The minimum absolute atomic E-state index is 0.303. The number of hydrogen-bond donors (Lipinski definition) is 0. The number of carbonyl (C=O) groups is 1. The van der Waals surface area contributed by atoms with E-state index in [1.54, 1.807) is 31.2 Å². The van der Waals surface area contributed by atoms with E-state index in [9.17, 15) is 4.79 Å². The van der Waals surface area contributed by atoms with Gasteiger partial charge >= 0.3 is 5.97 Å². The lowest BCUT2D eigenvalue weighted by molar-refractivity contribution is 0.0526. The molecule has 0 bridgehead atoms. The zero-order valence-corrected chi connectivity index (χ0v) is 15.9. The van der Waals surface area contributed by atoms with Crippen molar-refractivity contribution in [2.45, 2.75) is 65.2 Å². The van der Waals surface area contributed by atoms with Crippen LogP contribution in [0.4, 0.5) is 0 Å². The van der Waals surface area contributed by atoms with Crippen LogP contribution in [0.2, 0.25) is 0 Å². The molecule has 0 unspecified atom stereocenters. The molecule has 1 aromatic rings. The Bertz CT molecular complexity index is 442. The van der Waals surface area contributed by atoms with E-state index < -0.39 is 0 Å². The van der Waals surface area contributed by atoms with Crippen molar-refractivity contribution in [3.05, 3.63) is 29.8 Å². The Morgan fingerprint density at radius 3 is 2.08 bits per heavy atom. The summed E-state index contributed by atoms with van der Waals surface area (Å²) in [6.07, 6.45) is 10.5. The first-order chi connectivity index (χ1) is 12.3. The van der Waals surface area contributed by atoms with Gasteiger partial charge in [-0.3, -0.25) is 0 Å². The maximum absolute atomic E-state index is 11.5. The molecule has 0 saturated carbocycles. The zero-order valence-electron chi connectivity index (χ0n) is 15.9. The van der Waals surface area contributed by atoms with Crippen LogP contribution in [0.25, 0.3) is 0 Å². The van der Waals surface area contributed by atoms with E-state index in [-0.39, 0.29) is 5.97 Å². The van der Waals surface area contributed by atoms with E-state index in [1.165, 1.54) is 44.9 Å². The molecule has 1 aromatic carbocycles. The molecule has 0 aliphatic heterocycles. The number of ether oxygens (including phenoxy) is 3. The first-order valence-electron chi connectivity index (χ1n) is 9.75. The van der Waals surface area contributed by atoms with Crippen LogP contribution in [-0.4, -0.2) is 32.4 Å². The number of rotatable bonds is 15. The van der Waals surface area contributed by atoms with Gasteiger partial charge in [0.25, 0.3) is 0 Å². The van der Waals surface area contributed by atoms with E-state index >= 15 is 0 Å². The second kappa shape index (κ2) is 14.8. The molecule has 0 amide bonds. The summed E-state index contributed by atoms with van der Waals surface area (Å²) < 4.78 is 16.1. The van der Waals surface area contributed by atoms with Gasteiger partial charge < -0.3 is 14.2 Å². The molecule has 0 saturated heterocycles. The molecule has 25 heavy (non-hydrogen) atoms. The highest BCUT2D eigenvalue weighted by Gasteiger charge is 2.05. The predicted molar refractivity (Wildman–Crippen MR) is 101 cm³/mol. The second-order valence-electron chi connectivity index (χ2n) is 6.18. The van der Waals surface area contributed by atoms with Crippen LogP contribution in [-0.2, 0) is 9.47 Å². The smallest absolute Gasteiger partial charge is 0.338 e. The lowest BCUT2D eigenvalue weighted by Gasteiger charge is -2.08. The maximum atomic E-state index is 11.5. The molecule has 0 aliphatic rings. The van der Waals surface area contributed by atoms with Gasteiger partial charge in [-0.1, -0.05) is 51.9 Å². The summed E-state index contributed by atoms with van der Waals surface area (Å²) >= 11 is 0. The Morgan fingerprint density at radius 1 is 0.800 bits per heavy atom. The van der Waals surface area contributed by atoms with Crippen LogP contribution < -0.4 is 4.74 Å². The van der Waals surface area contributed by atoms with Gasteiger partial charge in [0.1, 0.15) is 12.4 Å². The van der Waals surface area contributed by atoms with Gasteiger partial charge in [0.05, 0.1) is 18.8 Å². The van der Waals surface area contributed by atoms with E-state index in [2.05, 4.69) is 6.92 Å². The van der Waals surface area contributed by atoms with E-state index in [4.69, 9.17) is 14.2 Å². The van der Waals surface area contributed by atoms with Crippen LogP contribution in [0.5, 0.6) is 5.75 Å². The minimum atomic E-state index is -0.303. The maximum Gasteiger partial charge on any atom is 0.338 e. The molecule has 0 atom stereocenters. The molecule has 4 heteroatoms. The standard InChI is InChI=1S/C21H34O4/c1-3-5-6-7-8-9-10-11-16-23-17-18-25-20-14-12-19(13-15-20)21(22)24-4-2/h12-15H,3-11,16-18H2,1-2H3. The summed E-state index contributed by atoms with van der Waals surface area (Å²) in [5.74, 6) is 0.437. The third-order valence-electron chi connectivity index (χ3n) is 4.00. The quantitative estimate of drug-likeness (QED) is 0.314. The molecule has 142 valence electrons. The van der Waals surface area contributed by atoms with Gasteiger partial charge in [-0.15, -0.1) is 0 Å². The largest absolute Gasteiger partial charge is 0.491 e. The van der Waals surface area contributed by atoms with Crippen LogP contribution in [0, 0.1) is 0 Å². The predicted octanol–water partition coefficient (Wildman–Crippen LogP) is 5.40. The summed E-state index contributed by atoms with van der Waals surface area (Å²) in [4.78, 5) is 11.5. The van der Waals surface area contributed by atoms with Crippen LogP contribution >= 0.6 is 0 Å². The van der Waals surface area contributed by atoms with E-state index in [0.717, 1.165) is 18.8 Å². The lowest BCUT2D eigenvalue weighted by atomic mass is 10.1. The Balaban J connectivity index is 1.97. The Labute approximate surface area is 152 Å². The fourth-order valence-corrected chi connectivity index (χ4v) is 2.56. The van der Waals surface area contributed by atoms with Gasteiger partial charge in [-0.2, -0.15) is 0 Å². The van der Waals surface area contributed by atoms with Crippen molar-refractivity contribution in [2.24, 2.45) is 0 Å². The summed E-state index contributed by atoms with van der Waals surface area (Å²) in [6.45, 7) is 6.35. The lowest BCUT2D eigenvalue weighted by Crippen LogP contribution is -2.08. The van der Waals surface area contributed by atoms with Crippen molar-refractivity contribution >= 4 is 5.97 Å². The van der Waals surface area contributed by atoms with Crippen molar-refractivity contribution < 1.29 is 19.0 Å². The Hall–Kier alpha value is -1.55. The second-order valence-corrected chi connectivity index (χ2v) is 6.18. The van der Waals surface area contributed by atoms with Crippen molar-refractivity contribution in [1.82, 2.24) is 0 Å². The van der Waals surface area contributed by atoms with E-state index in [1.807, 2.05) is 0 Å². The molecule has 0 spiro atoms. The van der Waals surface area contributed by atoms with Gasteiger partial charge in [0.2, 0.25) is 0 Å². The first kappa shape index (κ1) is 21.5. The molecule has 1 rings (SSSR count). The van der Waals surface area contributed by atoms with Gasteiger partial charge in [0, 0.05) is 6.61 Å². The summed E-state index contributed by atoms with van der Waals surface area (Å²) in [7, 11) is 0. The third-order valence-corrected chi connectivity index (χ3v) is 4.00.